The van der Waals surface area contributed by atoms with Gasteiger partial charge < -0.3 is 9.64 Å². The third-order valence-electron chi connectivity index (χ3n) is 3.31. The van der Waals surface area contributed by atoms with Crippen LogP contribution in [-0.2, 0) is 19.1 Å². The van der Waals surface area contributed by atoms with Gasteiger partial charge in [-0.3, -0.25) is 4.79 Å². The number of ether oxygens (including phenoxy) is 1. The van der Waals surface area contributed by atoms with E-state index < -0.39 is 0 Å². The Balaban J connectivity index is 0.000000677. The van der Waals surface area contributed by atoms with Crippen molar-refractivity contribution in [3.05, 3.63) is 29.3 Å². The first kappa shape index (κ1) is 17.2. The molecule has 0 spiro atoms. The summed E-state index contributed by atoms with van der Waals surface area (Å²) in [6.45, 7) is 4.01. The molecule has 1 heterocycles. The average Bonchev–Trinajstić information content (AvgIpc) is 2.49. The van der Waals surface area contributed by atoms with Crippen LogP contribution in [0, 0.1) is 5.92 Å². The molecule has 0 atom stereocenters. The molecule has 0 aromatic heterocycles. The lowest BCUT2D eigenvalue weighted by molar-refractivity contribution is -0.191. The molecule has 1 aromatic carbocycles. The number of nitrogens with zero attached hydrogens (tertiary/aromatic N) is 1. The van der Waals surface area contributed by atoms with E-state index in [0.717, 1.165) is 36.6 Å². The highest BCUT2D eigenvalue weighted by Crippen LogP contribution is 2.29. The number of halogens is 1. The van der Waals surface area contributed by atoms with Gasteiger partial charge in [-0.2, -0.15) is 9.59 Å². The van der Waals surface area contributed by atoms with Crippen molar-refractivity contribution in [2.75, 3.05) is 24.6 Å². The number of hydrogen-bond donors (Lipinski definition) is 0. The lowest BCUT2D eigenvalue weighted by Gasteiger charge is -2.33. The Hall–Kier alpha value is -1.84. The van der Waals surface area contributed by atoms with E-state index in [0.29, 0.717) is 6.61 Å². The van der Waals surface area contributed by atoms with Crippen molar-refractivity contribution >= 4 is 29.4 Å². The standard InChI is InChI=1S/C14H18ClNO2.CO2/c1-2-18-14(17)11-7-9-16(10-8-11)13-6-4-3-5-12(13)15;2-1-3/h3-6,11H,2,7-10H2,1H3;. The quantitative estimate of drug-likeness (QED) is 0.803. The maximum atomic E-state index is 11.6. The average molecular weight is 312 g/mol. The van der Waals surface area contributed by atoms with Crippen LogP contribution in [0.15, 0.2) is 24.3 Å². The molecule has 114 valence electrons. The summed E-state index contributed by atoms with van der Waals surface area (Å²) in [7, 11) is 0. The second-order valence-electron chi connectivity index (χ2n) is 4.55. The molecule has 0 radical (unpaired) electrons. The molecule has 0 aliphatic carbocycles. The Morgan fingerprint density at radius 3 is 2.43 bits per heavy atom. The van der Waals surface area contributed by atoms with E-state index in [1.807, 2.05) is 31.2 Å². The number of carbonyl (C=O) groups excluding carboxylic acids is 3. The largest absolute Gasteiger partial charge is 0.466 e. The molecule has 0 bridgehead atoms. The van der Waals surface area contributed by atoms with Gasteiger partial charge in [0.05, 0.1) is 23.2 Å². The van der Waals surface area contributed by atoms with Gasteiger partial charge in [0.15, 0.2) is 0 Å². The second-order valence-corrected chi connectivity index (χ2v) is 4.96. The molecule has 0 N–H and O–H groups in total. The molecule has 0 amide bonds. The number of benzene rings is 1. The Morgan fingerprint density at radius 2 is 1.90 bits per heavy atom. The molecule has 1 saturated heterocycles. The third kappa shape index (κ3) is 5.21. The fraction of sp³-hybridized carbons (Fsp3) is 0.467. The summed E-state index contributed by atoms with van der Waals surface area (Å²) in [4.78, 5) is 30.1. The van der Waals surface area contributed by atoms with Crippen LogP contribution in [-0.4, -0.2) is 31.8 Å². The number of rotatable bonds is 3. The molecule has 0 unspecified atom stereocenters. The van der Waals surface area contributed by atoms with Gasteiger partial charge in [-0.25, -0.2) is 0 Å². The number of para-hydroxylation sites is 1. The van der Waals surface area contributed by atoms with Crippen LogP contribution in [0.25, 0.3) is 0 Å². The second kappa shape index (κ2) is 9.16. The monoisotopic (exact) mass is 311 g/mol. The van der Waals surface area contributed by atoms with E-state index in [1.54, 1.807) is 0 Å². The zero-order chi connectivity index (χ0) is 15.7. The topological polar surface area (TPSA) is 63.7 Å². The van der Waals surface area contributed by atoms with Crippen molar-refractivity contribution in [3.8, 4) is 0 Å². The Morgan fingerprint density at radius 1 is 1.33 bits per heavy atom. The summed E-state index contributed by atoms with van der Waals surface area (Å²) >= 11 is 6.17. The summed E-state index contributed by atoms with van der Waals surface area (Å²) in [5, 5.41) is 0.770. The SMILES string of the molecule is CCOC(=O)C1CCN(c2ccccc2Cl)CC1.O=C=O. The van der Waals surface area contributed by atoms with Crippen molar-refractivity contribution in [1.29, 1.82) is 0 Å². The maximum absolute atomic E-state index is 11.6. The van der Waals surface area contributed by atoms with Crippen molar-refractivity contribution in [2.45, 2.75) is 19.8 Å². The molecule has 0 saturated carbocycles. The molecule has 1 aliphatic heterocycles. The van der Waals surface area contributed by atoms with Crippen LogP contribution in [0.5, 0.6) is 0 Å². The molecule has 1 fully saturated rings. The fourth-order valence-corrected chi connectivity index (χ4v) is 2.58. The molecule has 1 aliphatic rings. The van der Waals surface area contributed by atoms with Crippen molar-refractivity contribution in [1.82, 2.24) is 0 Å². The van der Waals surface area contributed by atoms with Crippen LogP contribution in [0.2, 0.25) is 5.02 Å². The zero-order valence-electron chi connectivity index (χ0n) is 11.9. The number of hydrogen-bond acceptors (Lipinski definition) is 5. The number of carbonyl (C=O) groups is 1. The lowest BCUT2D eigenvalue weighted by atomic mass is 9.96. The van der Waals surface area contributed by atoms with Crippen LogP contribution in [0.4, 0.5) is 5.69 Å². The van der Waals surface area contributed by atoms with Crippen LogP contribution >= 0.6 is 11.6 Å². The first-order valence-electron chi connectivity index (χ1n) is 6.79. The van der Waals surface area contributed by atoms with E-state index in [4.69, 9.17) is 25.9 Å². The number of anilines is 1. The van der Waals surface area contributed by atoms with Crippen molar-refractivity contribution in [3.63, 3.8) is 0 Å². The highest BCUT2D eigenvalue weighted by molar-refractivity contribution is 6.33. The van der Waals surface area contributed by atoms with E-state index in [1.165, 1.54) is 0 Å². The predicted octanol–water partition coefficient (Wildman–Crippen LogP) is 2.54. The van der Waals surface area contributed by atoms with Gasteiger partial charge >= 0.3 is 12.1 Å². The van der Waals surface area contributed by atoms with Gasteiger partial charge in [0.25, 0.3) is 0 Å². The highest BCUT2D eigenvalue weighted by Gasteiger charge is 2.26. The Bertz CT molecular complexity index is 492. The van der Waals surface area contributed by atoms with E-state index in [-0.39, 0.29) is 18.0 Å². The fourth-order valence-electron chi connectivity index (χ4n) is 2.32. The molecule has 5 nitrogen and oxygen atoms in total. The minimum atomic E-state index is -0.0590. The van der Waals surface area contributed by atoms with Gasteiger partial charge in [-0.05, 0) is 31.9 Å². The molecule has 1 aromatic rings. The van der Waals surface area contributed by atoms with Gasteiger partial charge in [-0.1, -0.05) is 23.7 Å². The minimum absolute atomic E-state index is 0.0451. The van der Waals surface area contributed by atoms with Crippen molar-refractivity contribution < 1.29 is 19.1 Å². The number of piperidine rings is 1. The molecular formula is C15H18ClNO4. The highest BCUT2D eigenvalue weighted by atomic mass is 35.5. The normalized spacial score (nSPS) is 14.7. The van der Waals surface area contributed by atoms with Crippen LogP contribution in [0.1, 0.15) is 19.8 Å². The maximum Gasteiger partial charge on any atom is 0.373 e. The van der Waals surface area contributed by atoms with Gasteiger partial charge in [0.2, 0.25) is 0 Å². The Kier molecular flexibility index (Phi) is 7.51. The summed E-state index contributed by atoms with van der Waals surface area (Å²) in [6.07, 6.45) is 1.92. The van der Waals surface area contributed by atoms with Crippen molar-refractivity contribution in [2.24, 2.45) is 5.92 Å². The first-order chi connectivity index (χ1) is 10.1. The summed E-state index contributed by atoms with van der Waals surface area (Å²) in [6, 6.07) is 7.83. The van der Waals surface area contributed by atoms with Gasteiger partial charge in [0.1, 0.15) is 0 Å². The molecule has 21 heavy (non-hydrogen) atoms. The predicted molar refractivity (Wildman–Crippen MR) is 78.0 cm³/mol. The molecule has 6 heteroatoms. The first-order valence-corrected chi connectivity index (χ1v) is 7.17. The smallest absolute Gasteiger partial charge is 0.373 e. The molecular weight excluding hydrogens is 294 g/mol. The van der Waals surface area contributed by atoms with Gasteiger partial charge in [0, 0.05) is 13.1 Å². The van der Waals surface area contributed by atoms with Crippen LogP contribution in [0.3, 0.4) is 0 Å². The van der Waals surface area contributed by atoms with E-state index >= 15 is 0 Å². The summed E-state index contributed by atoms with van der Waals surface area (Å²) in [5.74, 6) is -0.0139. The molecule has 2 rings (SSSR count). The third-order valence-corrected chi connectivity index (χ3v) is 3.63. The lowest BCUT2D eigenvalue weighted by Crippen LogP contribution is -2.37. The minimum Gasteiger partial charge on any atom is -0.466 e. The van der Waals surface area contributed by atoms with E-state index in [9.17, 15) is 4.79 Å². The van der Waals surface area contributed by atoms with E-state index in [2.05, 4.69) is 4.90 Å². The zero-order valence-corrected chi connectivity index (χ0v) is 12.6. The summed E-state index contributed by atoms with van der Waals surface area (Å²) in [5.41, 5.74) is 1.06. The summed E-state index contributed by atoms with van der Waals surface area (Å²) < 4.78 is 5.06. The van der Waals surface area contributed by atoms with Crippen LogP contribution < -0.4 is 4.90 Å². The number of esters is 1. The Labute approximate surface area is 128 Å². The van der Waals surface area contributed by atoms with Gasteiger partial charge in [-0.15, -0.1) is 0 Å².